The van der Waals surface area contributed by atoms with E-state index < -0.39 is 16.0 Å². The number of hydrogen-bond donors (Lipinski definition) is 2. The maximum atomic E-state index is 12.9. The molecule has 5 rings (SSSR count). The van der Waals surface area contributed by atoms with E-state index in [1.54, 1.807) is 36.4 Å². The fourth-order valence-electron chi connectivity index (χ4n) is 3.98. The summed E-state index contributed by atoms with van der Waals surface area (Å²) < 4.78 is 31.4. The summed E-state index contributed by atoms with van der Waals surface area (Å²) in [5.74, 6) is -0.731. The Morgan fingerprint density at radius 2 is 1.51 bits per heavy atom. The molecule has 0 aromatic heterocycles. The Morgan fingerprint density at radius 1 is 0.865 bits per heavy atom. The van der Waals surface area contributed by atoms with Crippen LogP contribution in [-0.4, -0.2) is 25.6 Å². The van der Waals surface area contributed by atoms with Crippen molar-refractivity contribution in [1.29, 1.82) is 0 Å². The van der Waals surface area contributed by atoms with Gasteiger partial charge in [-0.2, -0.15) is 13.5 Å². The van der Waals surface area contributed by atoms with Gasteiger partial charge in [-0.3, -0.25) is 4.79 Å². The number of carbonyl (C=O) groups excluding carboxylic acids is 1. The second-order valence-corrected chi connectivity index (χ2v) is 10.0. The van der Waals surface area contributed by atoms with Crippen LogP contribution in [-0.2, 0) is 10.1 Å². The number of benzene rings is 5. The highest BCUT2D eigenvalue weighted by molar-refractivity contribution is 7.87. The number of hydrogen-bond acceptors (Lipinski definition) is 6. The van der Waals surface area contributed by atoms with Crippen molar-refractivity contribution in [1.82, 2.24) is 5.43 Å². The Hall–Kier alpha value is -4.69. The molecule has 184 valence electrons. The van der Waals surface area contributed by atoms with E-state index in [0.717, 1.165) is 21.7 Å². The lowest BCUT2D eigenvalue weighted by atomic mass is 10.0. The van der Waals surface area contributed by atoms with Crippen LogP contribution in [0.5, 0.6) is 11.5 Å². The quantitative estimate of drug-likeness (QED) is 0.177. The van der Waals surface area contributed by atoms with Gasteiger partial charge in [-0.05, 0) is 58.8 Å². The molecule has 0 saturated carbocycles. The normalized spacial score (nSPS) is 11.7. The number of nitrogens with zero attached hydrogens (tertiary/aromatic N) is 1. The predicted octanol–water partition coefficient (Wildman–Crippen LogP) is 5.54. The number of hydrazone groups is 1. The SMILES string of the molecule is Cc1ccc(S(=O)(=O)Oc2ccc3ccccc3c2C=NNC(=O)c2cc3ccccc3cc2O)cc1. The Balaban J connectivity index is 1.47. The van der Waals surface area contributed by atoms with E-state index in [4.69, 9.17) is 4.18 Å². The summed E-state index contributed by atoms with van der Waals surface area (Å²) in [6.07, 6.45) is 1.33. The average molecular weight is 511 g/mol. The van der Waals surface area contributed by atoms with Gasteiger partial charge in [0, 0.05) is 5.56 Å². The van der Waals surface area contributed by atoms with E-state index in [0.29, 0.717) is 10.9 Å². The smallest absolute Gasteiger partial charge is 0.339 e. The van der Waals surface area contributed by atoms with Gasteiger partial charge >= 0.3 is 10.1 Å². The van der Waals surface area contributed by atoms with E-state index in [-0.39, 0.29) is 22.0 Å². The zero-order valence-corrected chi connectivity index (χ0v) is 20.6. The van der Waals surface area contributed by atoms with Crippen molar-refractivity contribution in [2.45, 2.75) is 11.8 Å². The molecule has 0 radical (unpaired) electrons. The number of fused-ring (bicyclic) bond motifs is 2. The van der Waals surface area contributed by atoms with Crippen molar-refractivity contribution in [2.24, 2.45) is 5.10 Å². The first-order chi connectivity index (χ1) is 17.8. The Kier molecular flexibility index (Phi) is 6.33. The molecule has 0 aliphatic carbocycles. The molecule has 5 aromatic carbocycles. The van der Waals surface area contributed by atoms with Crippen LogP contribution >= 0.6 is 0 Å². The second-order valence-electron chi connectivity index (χ2n) is 8.46. The molecule has 0 unspecified atom stereocenters. The second kappa shape index (κ2) is 9.75. The molecule has 0 aliphatic rings. The molecular weight excluding hydrogens is 488 g/mol. The fraction of sp³-hybridized carbons (Fsp3) is 0.0345. The highest BCUT2D eigenvalue weighted by atomic mass is 32.2. The third-order valence-electron chi connectivity index (χ3n) is 5.91. The van der Waals surface area contributed by atoms with Crippen LogP contribution in [0.25, 0.3) is 21.5 Å². The molecule has 2 N–H and O–H groups in total. The van der Waals surface area contributed by atoms with Crippen LogP contribution in [0.4, 0.5) is 0 Å². The van der Waals surface area contributed by atoms with Crippen LogP contribution in [0, 0.1) is 6.92 Å². The largest absolute Gasteiger partial charge is 0.507 e. The number of phenols is 1. The Morgan fingerprint density at radius 3 is 2.24 bits per heavy atom. The molecule has 0 bridgehead atoms. The van der Waals surface area contributed by atoms with Crippen LogP contribution in [0.1, 0.15) is 21.5 Å². The molecule has 0 spiro atoms. The number of aromatic hydroxyl groups is 1. The summed E-state index contributed by atoms with van der Waals surface area (Å²) in [6.45, 7) is 1.86. The minimum absolute atomic E-state index is 0.0224. The van der Waals surface area contributed by atoms with Crippen molar-refractivity contribution in [3.63, 3.8) is 0 Å². The molecule has 37 heavy (non-hydrogen) atoms. The maximum Gasteiger partial charge on any atom is 0.339 e. The van der Waals surface area contributed by atoms with Gasteiger partial charge in [-0.15, -0.1) is 0 Å². The highest BCUT2D eigenvalue weighted by Crippen LogP contribution is 2.29. The van der Waals surface area contributed by atoms with Gasteiger partial charge in [-0.1, -0.05) is 72.3 Å². The van der Waals surface area contributed by atoms with E-state index in [9.17, 15) is 18.3 Å². The molecule has 0 aliphatic heterocycles. The van der Waals surface area contributed by atoms with Crippen LogP contribution in [0.2, 0.25) is 0 Å². The van der Waals surface area contributed by atoms with Gasteiger partial charge in [0.1, 0.15) is 10.6 Å². The lowest BCUT2D eigenvalue weighted by molar-refractivity contribution is 0.0952. The molecule has 8 heteroatoms. The van der Waals surface area contributed by atoms with Crippen LogP contribution in [0.3, 0.4) is 0 Å². The zero-order chi connectivity index (χ0) is 26.0. The maximum absolute atomic E-state index is 12.9. The molecule has 0 fully saturated rings. The molecule has 0 saturated heterocycles. The summed E-state index contributed by atoms with van der Waals surface area (Å²) in [5, 5.41) is 17.5. The lowest BCUT2D eigenvalue weighted by Crippen LogP contribution is -2.18. The number of aryl methyl sites for hydroxylation is 1. The molecule has 0 heterocycles. The first-order valence-corrected chi connectivity index (χ1v) is 12.8. The Bertz CT molecular complexity index is 1780. The first kappa shape index (κ1) is 24.0. The average Bonchev–Trinajstić information content (AvgIpc) is 2.89. The number of amides is 1. The highest BCUT2D eigenvalue weighted by Gasteiger charge is 2.19. The molecule has 5 aromatic rings. The van der Waals surface area contributed by atoms with Crippen molar-refractivity contribution < 1.29 is 22.5 Å². The topological polar surface area (TPSA) is 105 Å². The number of rotatable bonds is 6. The van der Waals surface area contributed by atoms with Crippen molar-refractivity contribution in [2.75, 3.05) is 0 Å². The third kappa shape index (κ3) is 5.00. The minimum atomic E-state index is -4.11. The molecule has 0 atom stereocenters. The van der Waals surface area contributed by atoms with Gasteiger partial charge in [0.15, 0.2) is 5.75 Å². The molecular formula is C29H22N2O5S. The Labute approximate surface area is 213 Å². The summed E-state index contributed by atoms with van der Waals surface area (Å²) in [7, 11) is -4.11. The predicted molar refractivity (Wildman–Crippen MR) is 144 cm³/mol. The van der Waals surface area contributed by atoms with Crippen LogP contribution < -0.4 is 9.61 Å². The summed E-state index contributed by atoms with van der Waals surface area (Å²) in [6, 6.07) is 27.4. The van der Waals surface area contributed by atoms with E-state index in [1.165, 1.54) is 24.4 Å². The number of carbonyl (C=O) groups is 1. The van der Waals surface area contributed by atoms with Gasteiger partial charge < -0.3 is 9.29 Å². The van der Waals surface area contributed by atoms with Crippen molar-refractivity contribution in [3.05, 3.63) is 114 Å². The first-order valence-electron chi connectivity index (χ1n) is 11.4. The standard InChI is InChI=1S/C29H22N2O5S/c1-19-10-13-23(14-11-19)37(34,35)36-28-15-12-20-6-4-5-9-24(20)26(28)18-30-31-29(33)25-16-21-7-2-3-8-22(21)17-27(25)32/h2-18,32H,1H3,(H,31,33). The van der Waals surface area contributed by atoms with Gasteiger partial charge in [0.25, 0.3) is 5.91 Å². The summed E-state index contributed by atoms with van der Waals surface area (Å²) in [4.78, 5) is 12.8. The van der Waals surface area contributed by atoms with Gasteiger partial charge in [0.2, 0.25) is 0 Å². The van der Waals surface area contributed by atoms with Gasteiger partial charge in [-0.25, -0.2) is 5.43 Å². The van der Waals surface area contributed by atoms with Crippen molar-refractivity contribution >= 4 is 43.8 Å². The van der Waals surface area contributed by atoms with E-state index in [1.807, 2.05) is 49.4 Å². The van der Waals surface area contributed by atoms with Crippen LogP contribution in [0.15, 0.2) is 107 Å². The number of nitrogens with one attached hydrogen (secondary N) is 1. The monoisotopic (exact) mass is 510 g/mol. The third-order valence-corrected chi connectivity index (χ3v) is 7.16. The summed E-state index contributed by atoms with van der Waals surface area (Å²) >= 11 is 0. The van der Waals surface area contributed by atoms with E-state index >= 15 is 0 Å². The van der Waals surface area contributed by atoms with E-state index in [2.05, 4.69) is 10.5 Å². The van der Waals surface area contributed by atoms with Gasteiger partial charge in [0.05, 0.1) is 11.8 Å². The summed E-state index contributed by atoms with van der Waals surface area (Å²) in [5.41, 5.74) is 3.77. The zero-order valence-electron chi connectivity index (χ0n) is 19.8. The number of phenolic OH excluding ortho intramolecular Hbond substituents is 1. The minimum Gasteiger partial charge on any atom is -0.507 e. The van der Waals surface area contributed by atoms with Crippen molar-refractivity contribution in [3.8, 4) is 11.5 Å². The molecule has 7 nitrogen and oxygen atoms in total. The fourth-order valence-corrected chi connectivity index (χ4v) is 4.93. The molecule has 1 amide bonds. The lowest BCUT2D eigenvalue weighted by Gasteiger charge is -2.12.